The van der Waals surface area contributed by atoms with E-state index >= 15 is 0 Å². The van der Waals surface area contributed by atoms with Gasteiger partial charge in [0.25, 0.3) is 0 Å². The van der Waals surface area contributed by atoms with Gasteiger partial charge < -0.3 is 15.8 Å². The zero-order chi connectivity index (χ0) is 23.7. The average Bonchev–Trinajstić information content (AvgIpc) is 3.58. The Morgan fingerprint density at radius 2 is 2.06 bits per heavy atom. The quantitative estimate of drug-likeness (QED) is 0.324. The summed E-state index contributed by atoms with van der Waals surface area (Å²) in [6, 6.07) is 7.77. The number of nitrogens with one attached hydrogen (secondary N) is 1. The molecule has 172 valence electrons. The van der Waals surface area contributed by atoms with E-state index in [1.165, 1.54) is 0 Å². The van der Waals surface area contributed by atoms with Crippen LogP contribution in [0.15, 0.2) is 36.7 Å². The molecule has 3 N–H and O–H groups in total. The van der Waals surface area contributed by atoms with Crippen molar-refractivity contribution in [3.8, 4) is 11.8 Å². The fraction of sp³-hybridized carbons (Fsp3) is 0.320. The molecule has 9 nitrogen and oxygen atoms in total. The fourth-order valence-corrected chi connectivity index (χ4v) is 4.16. The SMILES string of the molecule is CNc1ncc(C#Cc2ccc3nnn(CCCOC)c3c2)c2cc(C3(C(N)=O)CC3)ncc12. The first-order chi connectivity index (χ1) is 16.6. The van der Waals surface area contributed by atoms with Gasteiger partial charge in [-0.25, -0.2) is 9.67 Å². The summed E-state index contributed by atoms with van der Waals surface area (Å²) in [5, 5.41) is 13.3. The third-order valence-corrected chi connectivity index (χ3v) is 6.29. The number of anilines is 1. The molecule has 0 unspecified atom stereocenters. The molecule has 1 fully saturated rings. The second-order valence-electron chi connectivity index (χ2n) is 8.44. The Bertz CT molecular complexity index is 1460. The summed E-state index contributed by atoms with van der Waals surface area (Å²) in [5.41, 5.74) is 9.05. The van der Waals surface area contributed by atoms with Crippen molar-refractivity contribution in [3.05, 3.63) is 53.5 Å². The number of rotatable bonds is 7. The minimum Gasteiger partial charge on any atom is -0.385 e. The lowest BCUT2D eigenvalue weighted by Gasteiger charge is -2.13. The summed E-state index contributed by atoms with van der Waals surface area (Å²) in [4.78, 5) is 21.1. The molecule has 0 atom stereocenters. The van der Waals surface area contributed by atoms with Crippen molar-refractivity contribution in [1.29, 1.82) is 0 Å². The summed E-state index contributed by atoms with van der Waals surface area (Å²) < 4.78 is 7.01. The van der Waals surface area contributed by atoms with Gasteiger partial charge in [0.05, 0.1) is 22.2 Å². The lowest BCUT2D eigenvalue weighted by molar-refractivity contribution is -0.120. The molecule has 34 heavy (non-hydrogen) atoms. The molecule has 0 aliphatic heterocycles. The standard InChI is InChI=1S/C25H25N7O2/c1-27-23-19-15-28-22(25(8-9-25)24(26)33)13-18(19)17(14-29-23)6-4-16-5-7-20-21(12-16)32(31-30-20)10-3-11-34-2/h5,7,12-15H,3,8-11H2,1-2H3,(H2,26,33)(H,27,29). The van der Waals surface area contributed by atoms with Crippen LogP contribution < -0.4 is 11.1 Å². The summed E-state index contributed by atoms with van der Waals surface area (Å²) >= 11 is 0. The molecular weight excluding hydrogens is 430 g/mol. The van der Waals surface area contributed by atoms with E-state index in [2.05, 4.69) is 37.4 Å². The molecule has 5 rings (SSSR count). The monoisotopic (exact) mass is 455 g/mol. The van der Waals surface area contributed by atoms with Crippen molar-refractivity contribution in [2.24, 2.45) is 5.73 Å². The van der Waals surface area contributed by atoms with Gasteiger partial charge in [-0.1, -0.05) is 17.1 Å². The maximum absolute atomic E-state index is 12.0. The highest BCUT2D eigenvalue weighted by atomic mass is 16.5. The van der Waals surface area contributed by atoms with Crippen LogP contribution in [-0.4, -0.2) is 51.6 Å². The zero-order valence-electron chi connectivity index (χ0n) is 19.1. The van der Waals surface area contributed by atoms with E-state index in [0.717, 1.165) is 58.7 Å². The molecule has 0 saturated heterocycles. The van der Waals surface area contributed by atoms with Crippen molar-refractivity contribution in [1.82, 2.24) is 25.0 Å². The van der Waals surface area contributed by atoms with E-state index < -0.39 is 5.41 Å². The minimum atomic E-state index is -0.665. The number of benzene rings is 1. The van der Waals surface area contributed by atoms with Gasteiger partial charge in [0, 0.05) is 56.0 Å². The molecule has 0 radical (unpaired) electrons. The summed E-state index contributed by atoms with van der Waals surface area (Å²) in [7, 11) is 3.50. The van der Waals surface area contributed by atoms with Crippen LogP contribution in [0.25, 0.3) is 21.8 Å². The third-order valence-electron chi connectivity index (χ3n) is 6.29. The van der Waals surface area contributed by atoms with Gasteiger partial charge in [0.2, 0.25) is 5.91 Å². The van der Waals surface area contributed by atoms with E-state index in [4.69, 9.17) is 10.5 Å². The molecule has 1 saturated carbocycles. The third kappa shape index (κ3) is 3.82. The Morgan fingerprint density at radius 1 is 1.21 bits per heavy atom. The lowest BCUT2D eigenvalue weighted by Crippen LogP contribution is -2.29. The Balaban J connectivity index is 1.54. The maximum atomic E-state index is 12.0. The van der Waals surface area contributed by atoms with Crippen molar-refractivity contribution < 1.29 is 9.53 Å². The van der Waals surface area contributed by atoms with Crippen LogP contribution in [0.5, 0.6) is 0 Å². The first kappa shape index (κ1) is 21.8. The molecule has 1 aliphatic rings. The summed E-state index contributed by atoms with van der Waals surface area (Å²) in [5.74, 6) is 6.88. The van der Waals surface area contributed by atoms with Crippen LogP contribution >= 0.6 is 0 Å². The summed E-state index contributed by atoms with van der Waals surface area (Å²) in [6.07, 6.45) is 5.78. The Hall–Kier alpha value is -4.03. The number of pyridine rings is 2. The highest BCUT2D eigenvalue weighted by molar-refractivity contribution is 5.97. The van der Waals surface area contributed by atoms with E-state index in [-0.39, 0.29) is 5.91 Å². The molecule has 1 aromatic carbocycles. The first-order valence-electron chi connectivity index (χ1n) is 11.2. The second kappa shape index (κ2) is 8.72. The van der Waals surface area contributed by atoms with Crippen molar-refractivity contribution in [2.45, 2.75) is 31.2 Å². The van der Waals surface area contributed by atoms with Gasteiger partial charge in [-0.15, -0.1) is 5.10 Å². The van der Waals surface area contributed by atoms with Crippen LogP contribution in [0, 0.1) is 11.8 Å². The zero-order valence-corrected chi connectivity index (χ0v) is 19.1. The van der Waals surface area contributed by atoms with Crippen LogP contribution in [0.4, 0.5) is 5.82 Å². The average molecular weight is 456 g/mol. The van der Waals surface area contributed by atoms with E-state index in [9.17, 15) is 4.79 Å². The van der Waals surface area contributed by atoms with Crippen LogP contribution in [0.1, 0.15) is 36.1 Å². The number of methoxy groups -OCH3 is 1. The van der Waals surface area contributed by atoms with Crippen molar-refractivity contribution in [2.75, 3.05) is 26.1 Å². The lowest BCUT2D eigenvalue weighted by atomic mass is 9.98. The van der Waals surface area contributed by atoms with Gasteiger partial charge in [-0.2, -0.15) is 0 Å². The number of amides is 1. The minimum absolute atomic E-state index is 0.334. The molecule has 0 spiro atoms. The van der Waals surface area contributed by atoms with Crippen molar-refractivity contribution >= 4 is 33.5 Å². The number of nitrogens with zero attached hydrogens (tertiary/aromatic N) is 5. The normalized spacial score (nSPS) is 14.1. The van der Waals surface area contributed by atoms with E-state index in [1.54, 1.807) is 19.5 Å². The number of aryl methyl sites for hydroxylation is 1. The number of nitrogens with two attached hydrogens (primary N) is 1. The molecule has 4 aromatic rings. The molecule has 0 bridgehead atoms. The summed E-state index contributed by atoms with van der Waals surface area (Å²) in [6.45, 7) is 1.38. The Labute approximate surface area is 196 Å². The molecular formula is C25H25N7O2. The van der Waals surface area contributed by atoms with Gasteiger partial charge >= 0.3 is 0 Å². The van der Waals surface area contributed by atoms with Crippen LogP contribution in [0.3, 0.4) is 0 Å². The maximum Gasteiger partial charge on any atom is 0.229 e. The molecule has 1 aliphatic carbocycles. The van der Waals surface area contributed by atoms with Gasteiger partial charge in [0.1, 0.15) is 11.3 Å². The number of fused-ring (bicyclic) bond motifs is 2. The fourth-order valence-electron chi connectivity index (χ4n) is 4.16. The Kier molecular flexibility index (Phi) is 5.59. The molecule has 9 heteroatoms. The van der Waals surface area contributed by atoms with E-state index in [1.807, 2.05) is 36.0 Å². The largest absolute Gasteiger partial charge is 0.385 e. The van der Waals surface area contributed by atoms with E-state index in [0.29, 0.717) is 18.1 Å². The number of hydrogen-bond acceptors (Lipinski definition) is 7. The predicted octanol–water partition coefficient (Wildman–Crippen LogP) is 2.37. The Morgan fingerprint density at radius 3 is 2.79 bits per heavy atom. The van der Waals surface area contributed by atoms with Gasteiger partial charge in [-0.05, 0) is 43.5 Å². The van der Waals surface area contributed by atoms with Gasteiger partial charge in [-0.3, -0.25) is 9.78 Å². The van der Waals surface area contributed by atoms with Crippen LogP contribution in [0.2, 0.25) is 0 Å². The first-order valence-corrected chi connectivity index (χ1v) is 11.2. The van der Waals surface area contributed by atoms with Gasteiger partial charge in [0.15, 0.2) is 0 Å². The molecule has 3 heterocycles. The van der Waals surface area contributed by atoms with Crippen LogP contribution in [-0.2, 0) is 21.5 Å². The highest BCUT2D eigenvalue weighted by Gasteiger charge is 2.51. The smallest absolute Gasteiger partial charge is 0.229 e. The number of primary amides is 1. The number of ether oxygens (including phenoxy) is 1. The highest BCUT2D eigenvalue weighted by Crippen LogP contribution is 2.47. The number of carbonyl (C=O) groups excluding carboxylic acids is 1. The second-order valence-corrected chi connectivity index (χ2v) is 8.44. The molecule has 1 amide bonds. The number of aromatic nitrogens is 5. The van der Waals surface area contributed by atoms with Crippen molar-refractivity contribution in [3.63, 3.8) is 0 Å². The molecule has 3 aromatic heterocycles. The number of carbonyl (C=O) groups is 1. The topological polar surface area (TPSA) is 121 Å². The number of hydrogen-bond donors (Lipinski definition) is 2. The predicted molar refractivity (Wildman–Crippen MR) is 129 cm³/mol.